The number of methoxy groups -OCH3 is 1. The van der Waals surface area contributed by atoms with E-state index in [0.29, 0.717) is 50.3 Å². The Bertz CT molecular complexity index is 1060. The highest BCUT2D eigenvalue weighted by Gasteiger charge is 2.12. The molecule has 0 unspecified atom stereocenters. The second-order valence-electron chi connectivity index (χ2n) is 8.58. The number of anilines is 1. The van der Waals surface area contributed by atoms with E-state index in [-0.39, 0.29) is 18.3 Å². The van der Waals surface area contributed by atoms with E-state index in [1.165, 1.54) is 12.1 Å². The first-order valence-electron chi connectivity index (χ1n) is 12.3. The standard InChI is InChI=1S/C27H35FN4O5/c1-29-26(33)5-4-12-30-27(34-3)32(2)23-8-6-21(7-9-23)19-36-24-15-22(28)16-25(17-24)37-31-18-20-10-13-35-14-11-20/h6-9,15-18,20H,4-5,10-14,19H2,1-3H3,(H,29,33)/b30-27-,31-18?. The average Bonchev–Trinajstić information content (AvgIpc) is 2.92. The highest BCUT2D eigenvalue weighted by atomic mass is 19.1. The molecule has 0 saturated carbocycles. The third-order valence-corrected chi connectivity index (χ3v) is 5.83. The maximum Gasteiger partial charge on any atom is 0.291 e. The molecule has 37 heavy (non-hydrogen) atoms. The Labute approximate surface area is 217 Å². The molecule has 1 aliphatic heterocycles. The number of nitrogens with one attached hydrogen (secondary N) is 1. The minimum atomic E-state index is -0.465. The molecule has 2 aromatic carbocycles. The first kappa shape index (κ1) is 27.9. The van der Waals surface area contributed by atoms with Crippen LogP contribution in [0.25, 0.3) is 0 Å². The molecule has 10 heteroatoms. The van der Waals surface area contributed by atoms with Gasteiger partial charge in [-0.3, -0.25) is 9.69 Å². The minimum absolute atomic E-state index is 0.0126. The Morgan fingerprint density at radius 3 is 2.62 bits per heavy atom. The highest BCUT2D eigenvalue weighted by molar-refractivity contribution is 5.91. The Morgan fingerprint density at radius 1 is 1.19 bits per heavy atom. The van der Waals surface area contributed by atoms with Gasteiger partial charge in [0.05, 0.1) is 7.11 Å². The van der Waals surface area contributed by atoms with Crippen molar-refractivity contribution >= 4 is 23.8 Å². The molecule has 0 radical (unpaired) electrons. The Hall–Kier alpha value is -3.66. The fourth-order valence-electron chi connectivity index (χ4n) is 3.66. The van der Waals surface area contributed by atoms with Gasteiger partial charge < -0.3 is 24.4 Å². The summed E-state index contributed by atoms with van der Waals surface area (Å²) in [6, 6.07) is 12.3. The van der Waals surface area contributed by atoms with Crippen LogP contribution in [-0.4, -0.2) is 59.1 Å². The smallest absolute Gasteiger partial charge is 0.291 e. The zero-order valence-electron chi connectivity index (χ0n) is 21.6. The van der Waals surface area contributed by atoms with Gasteiger partial charge in [0.15, 0.2) is 5.75 Å². The van der Waals surface area contributed by atoms with Crippen LogP contribution < -0.4 is 19.8 Å². The number of aliphatic imine (C=N–C) groups is 1. The Kier molecular flexibility index (Phi) is 11.2. The van der Waals surface area contributed by atoms with Crippen molar-refractivity contribution in [2.24, 2.45) is 16.1 Å². The quantitative estimate of drug-likeness (QED) is 0.210. The number of ether oxygens (including phenoxy) is 3. The molecule has 0 aliphatic carbocycles. The predicted molar refractivity (Wildman–Crippen MR) is 141 cm³/mol. The number of halogens is 1. The van der Waals surface area contributed by atoms with Crippen LogP contribution in [0.1, 0.15) is 31.2 Å². The van der Waals surface area contributed by atoms with Gasteiger partial charge in [-0.05, 0) is 37.0 Å². The van der Waals surface area contributed by atoms with Crippen molar-refractivity contribution in [1.82, 2.24) is 5.32 Å². The monoisotopic (exact) mass is 514 g/mol. The van der Waals surface area contributed by atoms with Gasteiger partial charge in [-0.15, -0.1) is 0 Å². The number of carbonyl (C=O) groups excluding carboxylic acids is 1. The predicted octanol–water partition coefficient (Wildman–Crippen LogP) is 4.16. The summed E-state index contributed by atoms with van der Waals surface area (Å²) in [6.07, 6.45) is 4.59. The van der Waals surface area contributed by atoms with Gasteiger partial charge in [0.2, 0.25) is 5.91 Å². The summed E-state index contributed by atoms with van der Waals surface area (Å²) >= 11 is 0. The molecule has 0 atom stereocenters. The number of amidine groups is 1. The molecule has 1 fully saturated rings. The highest BCUT2D eigenvalue weighted by Crippen LogP contribution is 2.24. The van der Waals surface area contributed by atoms with Crippen molar-refractivity contribution in [2.45, 2.75) is 32.3 Å². The molecule has 1 heterocycles. The topological polar surface area (TPSA) is 94.0 Å². The van der Waals surface area contributed by atoms with E-state index in [1.807, 2.05) is 36.2 Å². The number of nitrogens with zero attached hydrogens (tertiary/aromatic N) is 3. The van der Waals surface area contributed by atoms with Crippen LogP contribution in [0.3, 0.4) is 0 Å². The van der Waals surface area contributed by atoms with Gasteiger partial charge in [-0.25, -0.2) is 9.38 Å². The van der Waals surface area contributed by atoms with Gasteiger partial charge in [0, 0.05) is 76.3 Å². The summed E-state index contributed by atoms with van der Waals surface area (Å²) in [5.74, 6) is 0.453. The number of amides is 1. The second kappa shape index (κ2) is 14.8. The van der Waals surface area contributed by atoms with E-state index in [0.717, 1.165) is 24.1 Å². The molecule has 1 aliphatic rings. The molecule has 1 amide bonds. The van der Waals surface area contributed by atoms with Crippen LogP contribution in [0, 0.1) is 11.7 Å². The number of carbonyl (C=O) groups is 1. The Morgan fingerprint density at radius 2 is 1.92 bits per heavy atom. The lowest BCUT2D eigenvalue weighted by Crippen LogP contribution is -2.28. The lowest BCUT2D eigenvalue weighted by atomic mass is 10.0. The summed E-state index contributed by atoms with van der Waals surface area (Å²) in [6.45, 7) is 2.16. The zero-order valence-corrected chi connectivity index (χ0v) is 21.6. The van der Waals surface area contributed by atoms with Crippen LogP contribution in [-0.2, 0) is 20.9 Å². The molecule has 9 nitrogen and oxygen atoms in total. The van der Waals surface area contributed by atoms with Crippen molar-refractivity contribution < 1.29 is 28.2 Å². The SMILES string of the molecule is CNC(=O)CCC/N=C(\OC)N(C)c1ccc(COc2cc(F)cc(ON=CC3CCOCC3)c2)cc1. The van der Waals surface area contributed by atoms with Crippen molar-refractivity contribution in [3.05, 3.63) is 53.8 Å². The normalized spacial score (nSPS) is 14.4. The number of rotatable bonds is 11. The van der Waals surface area contributed by atoms with Crippen LogP contribution in [0.5, 0.6) is 11.5 Å². The van der Waals surface area contributed by atoms with Crippen LogP contribution >= 0.6 is 0 Å². The van der Waals surface area contributed by atoms with Gasteiger partial charge in [0.25, 0.3) is 6.02 Å². The second-order valence-corrected chi connectivity index (χ2v) is 8.58. The first-order valence-corrected chi connectivity index (χ1v) is 12.3. The number of oxime groups is 1. The Balaban J connectivity index is 1.52. The number of hydrogen-bond donors (Lipinski definition) is 1. The molecular weight excluding hydrogens is 479 g/mol. The largest absolute Gasteiger partial charge is 0.489 e. The first-order chi connectivity index (χ1) is 18.0. The minimum Gasteiger partial charge on any atom is -0.489 e. The molecular formula is C27H35FN4O5. The fraction of sp³-hybridized carbons (Fsp3) is 0.444. The summed E-state index contributed by atoms with van der Waals surface area (Å²) in [5.41, 5.74) is 1.78. The molecule has 0 aromatic heterocycles. The van der Waals surface area contributed by atoms with Crippen molar-refractivity contribution in [2.75, 3.05) is 45.9 Å². The lowest BCUT2D eigenvalue weighted by molar-refractivity contribution is -0.120. The van der Waals surface area contributed by atoms with Crippen molar-refractivity contribution in [3.63, 3.8) is 0 Å². The summed E-state index contributed by atoms with van der Waals surface area (Å²) in [5, 5.41) is 6.60. The molecule has 1 saturated heterocycles. The van der Waals surface area contributed by atoms with Crippen LogP contribution in [0.4, 0.5) is 10.1 Å². The van der Waals surface area contributed by atoms with Gasteiger partial charge in [-0.1, -0.05) is 17.3 Å². The lowest BCUT2D eigenvalue weighted by Gasteiger charge is -2.20. The van der Waals surface area contributed by atoms with E-state index in [4.69, 9.17) is 19.0 Å². The molecule has 200 valence electrons. The fourth-order valence-corrected chi connectivity index (χ4v) is 3.66. The summed E-state index contributed by atoms with van der Waals surface area (Å²) in [4.78, 5) is 23.0. The average molecular weight is 515 g/mol. The van der Waals surface area contributed by atoms with E-state index in [2.05, 4.69) is 15.5 Å². The summed E-state index contributed by atoms with van der Waals surface area (Å²) < 4.78 is 30.6. The third-order valence-electron chi connectivity index (χ3n) is 5.83. The maximum atomic E-state index is 14.1. The van der Waals surface area contributed by atoms with Gasteiger partial charge in [-0.2, -0.15) is 0 Å². The van der Waals surface area contributed by atoms with Crippen molar-refractivity contribution in [1.29, 1.82) is 0 Å². The number of benzene rings is 2. The molecule has 3 rings (SSSR count). The van der Waals surface area contributed by atoms with E-state index >= 15 is 0 Å². The van der Waals surface area contributed by atoms with E-state index in [1.54, 1.807) is 26.4 Å². The molecule has 1 N–H and O–H groups in total. The molecule has 2 aromatic rings. The molecule has 0 spiro atoms. The van der Waals surface area contributed by atoms with E-state index < -0.39 is 5.82 Å². The van der Waals surface area contributed by atoms with Gasteiger partial charge >= 0.3 is 0 Å². The van der Waals surface area contributed by atoms with Crippen LogP contribution in [0.15, 0.2) is 52.6 Å². The van der Waals surface area contributed by atoms with Crippen LogP contribution in [0.2, 0.25) is 0 Å². The summed E-state index contributed by atoms with van der Waals surface area (Å²) in [7, 11) is 5.03. The van der Waals surface area contributed by atoms with E-state index in [9.17, 15) is 9.18 Å². The van der Waals surface area contributed by atoms with Crippen molar-refractivity contribution in [3.8, 4) is 11.5 Å². The zero-order chi connectivity index (χ0) is 26.5. The maximum absolute atomic E-state index is 14.1. The third kappa shape index (κ3) is 9.38. The van der Waals surface area contributed by atoms with Gasteiger partial charge in [0.1, 0.15) is 18.2 Å². The number of hydrogen-bond acceptors (Lipinski definition) is 7. The molecule has 0 bridgehead atoms.